The van der Waals surface area contributed by atoms with Gasteiger partial charge in [0.25, 0.3) is 0 Å². The number of hydrogen-bond donors (Lipinski definition) is 3. The van der Waals surface area contributed by atoms with Crippen molar-refractivity contribution in [1.29, 1.82) is 0 Å². The van der Waals surface area contributed by atoms with Crippen LogP contribution in [0.4, 0.5) is 11.6 Å². The van der Waals surface area contributed by atoms with Gasteiger partial charge >= 0.3 is 0 Å². The van der Waals surface area contributed by atoms with Crippen LogP contribution in [0.2, 0.25) is 0 Å². The van der Waals surface area contributed by atoms with Crippen LogP contribution < -0.4 is 16.6 Å². The van der Waals surface area contributed by atoms with E-state index in [0.29, 0.717) is 5.82 Å². The predicted octanol–water partition coefficient (Wildman–Crippen LogP) is 1.01. The predicted molar refractivity (Wildman–Crippen MR) is 86.4 cm³/mol. The lowest BCUT2D eigenvalue weighted by molar-refractivity contribution is 0.163. The summed E-state index contributed by atoms with van der Waals surface area (Å²) < 4.78 is 5.06. The molecular formula is C14H28N6O. The third-order valence-electron chi connectivity index (χ3n) is 3.27. The first-order valence-electron chi connectivity index (χ1n) is 7.37. The molecule has 0 spiro atoms. The van der Waals surface area contributed by atoms with Gasteiger partial charge < -0.3 is 20.4 Å². The van der Waals surface area contributed by atoms with Crippen LogP contribution in [0.5, 0.6) is 0 Å². The lowest BCUT2D eigenvalue weighted by Crippen LogP contribution is -2.28. The Hall–Kier alpha value is -1.44. The molecule has 7 nitrogen and oxygen atoms in total. The fraction of sp³-hybridized carbons (Fsp3) is 0.714. The molecule has 0 saturated carbocycles. The van der Waals surface area contributed by atoms with Gasteiger partial charge in [0.15, 0.2) is 0 Å². The van der Waals surface area contributed by atoms with Gasteiger partial charge in [0, 0.05) is 38.7 Å². The maximum absolute atomic E-state index is 5.53. The molecule has 0 aliphatic heterocycles. The minimum Gasteiger partial charge on any atom is -0.383 e. The van der Waals surface area contributed by atoms with Crippen molar-refractivity contribution in [3.63, 3.8) is 0 Å². The molecule has 21 heavy (non-hydrogen) atoms. The number of hydrogen-bond acceptors (Lipinski definition) is 7. The van der Waals surface area contributed by atoms with Crippen LogP contribution in [0.1, 0.15) is 24.7 Å². The summed E-state index contributed by atoms with van der Waals surface area (Å²) in [6.45, 7) is 7.45. The number of nitrogens with zero attached hydrogens (tertiary/aromatic N) is 3. The Labute approximate surface area is 127 Å². The highest BCUT2D eigenvalue weighted by Gasteiger charge is 2.09. The maximum atomic E-state index is 5.53. The van der Waals surface area contributed by atoms with E-state index in [1.54, 1.807) is 7.11 Å². The summed E-state index contributed by atoms with van der Waals surface area (Å²) in [6.07, 6.45) is 1.85. The Morgan fingerprint density at radius 2 is 1.95 bits per heavy atom. The van der Waals surface area contributed by atoms with Gasteiger partial charge in [-0.25, -0.2) is 15.8 Å². The average Bonchev–Trinajstić information content (AvgIpc) is 2.48. The van der Waals surface area contributed by atoms with Crippen LogP contribution in [0.3, 0.4) is 0 Å². The van der Waals surface area contributed by atoms with Crippen molar-refractivity contribution in [2.45, 2.75) is 26.7 Å². The van der Waals surface area contributed by atoms with Crippen molar-refractivity contribution in [2.24, 2.45) is 5.84 Å². The molecule has 1 aromatic rings. The summed E-state index contributed by atoms with van der Waals surface area (Å²) in [5, 5.41) is 3.36. The van der Waals surface area contributed by atoms with Gasteiger partial charge in [-0.15, -0.1) is 0 Å². The molecule has 0 aliphatic carbocycles. The van der Waals surface area contributed by atoms with E-state index in [0.717, 1.165) is 56.3 Å². The summed E-state index contributed by atoms with van der Waals surface area (Å²) >= 11 is 0. The molecule has 0 aromatic carbocycles. The highest BCUT2D eigenvalue weighted by Crippen LogP contribution is 2.19. The van der Waals surface area contributed by atoms with Gasteiger partial charge in [-0.2, -0.15) is 0 Å². The monoisotopic (exact) mass is 296 g/mol. The molecule has 0 bridgehead atoms. The van der Waals surface area contributed by atoms with Gasteiger partial charge in [-0.3, -0.25) is 0 Å². The maximum Gasteiger partial charge on any atom is 0.148 e. The Morgan fingerprint density at radius 3 is 2.57 bits per heavy atom. The first-order chi connectivity index (χ1) is 10.1. The number of hydrazine groups is 1. The first-order valence-corrected chi connectivity index (χ1v) is 7.37. The molecule has 1 heterocycles. The molecule has 1 rings (SSSR count). The zero-order valence-corrected chi connectivity index (χ0v) is 13.6. The molecule has 4 N–H and O–H groups in total. The number of ether oxygens (including phenoxy) is 1. The third-order valence-corrected chi connectivity index (χ3v) is 3.27. The van der Waals surface area contributed by atoms with Crippen LogP contribution >= 0.6 is 0 Å². The van der Waals surface area contributed by atoms with Crippen LogP contribution in [0, 0.1) is 6.92 Å². The zero-order valence-electron chi connectivity index (χ0n) is 13.6. The van der Waals surface area contributed by atoms with Crippen molar-refractivity contribution in [3.05, 3.63) is 11.4 Å². The number of nitrogens with two attached hydrogens (primary N) is 1. The summed E-state index contributed by atoms with van der Waals surface area (Å²) in [7, 11) is 3.79. The molecule has 1 aromatic heterocycles. The van der Waals surface area contributed by atoms with Crippen molar-refractivity contribution in [2.75, 3.05) is 51.1 Å². The van der Waals surface area contributed by atoms with E-state index in [2.05, 4.69) is 39.6 Å². The van der Waals surface area contributed by atoms with Crippen LogP contribution in [-0.2, 0) is 11.2 Å². The number of aromatic nitrogens is 2. The van der Waals surface area contributed by atoms with Gasteiger partial charge in [0.1, 0.15) is 17.5 Å². The Kier molecular flexibility index (Phi) is 7.96. The van der Waals surface area contributed by atoms with Gasteiger partial charge in [-0.05, 0) is 20.4 Å². The van der Waals surface area contributed by atoms with Crippen LogP contribution in [0.25, 0.3) is 0 Å². The molecule has 0 unspecified atom stereocenters. The topological polar surface area (TPSA) is 88.3 Å². The lowest BCUT2D eigenvalue weighted by Gasteiger charge is -2.18. The van der Waals surface area contributed by atoms with Crippen LogP contribution in [0.15, 0.2) is 0 Å². The quantitative estimate of drug-likeness (QED) is 0.439. The van der Waals surface area contributed by atoms with Gasteiger partial charge in [0.05, 0.1) is 6.61 Å². The second-order valence-corrected chi connectivity index (χ2v) is 5.08. The number of methoxy groups -OCH3 is 1. The van der Waals surface area contributed by atoms with E-state index in [1.165, 1.54) is 0 Å². The van der Waals surface area contributed by atoms with Gasteiger partial charge in [-0.1, -0.05) is 6.92 Å². The molecule has 0 aliphatic rings. The fourth-order valence-corrected chi connectivity index (χ4v) is 1.94. The minimum atomic E-state index is 0.684. The molecular weight excluding hydrogens is 268 g/mol. The van der Waals surface area contributed by atoms with E-state index in [9.17, 15) is 0 Å². The van der Waals surface area contributed by atoms with E-state index < -0.39 is 0 Å². The lowest BCUT2D eigenvalue weighted by atomic mass is 10.2. The summed E-state index contributed by atoms with van der Waals surface area (Å²) in [4.78, 5) is 11.2. The van der Waals surface area contributed by atoms with Crippen LogP contribution in [-0.4, -0.2) is 55.3 Å². The summed E-state index contributed by atoms with van der Waals surface area (Å²) in [5.41, 5.74) is 3.59. The number of nitrogen functional groups attached to an aromatic ring is 1. The molecule has 0 atom stereocenters. The molecule has 120 valence electrons. The third kappa shape index (κ3) is 5.82. The van der Waals surface area contributed by atoms with Crippen molar-refractivity contribution in [1.82, 2.24) is 14.9 Å². The Morgan fingerprint density at radius 1 is 1.24 bits per heavy atom. The number of rotatable bonds is 10. The number of nitrogens with one attached hydrogen (secondary N) is 2. The SMILES string of the molecule is CCCc1nc(NN)c(C)c(NCCN(C)CCOC)n1. The summed E-state index contributed by atoms with van der Waals surface area (Å²) in [5.74, 6) is 7.87. The number of anilines is 2. The Balaban J connectivity index is 2.62. The second-order valence-electron chi connectivity index (χ2n) is 5.08. The zero-order chi connectivity index (χ0) is 15.7. The molecule has 0 fully saturated rings. The molecule has 0 saturated heterocycles. The minimum absolute atomic E-state index is 0.684. The van der Waals surface area contributed by atoms with Crippen molar-refractivity contribution in [3.8, 4) is 0 Å². The molecule has 0 radical (unpaired) electrons. The van der Waals surface area contributed by atoms with E-state index in [1.807, 2.05) is 6.92 Å². The fourth-order valence-electron chi connectivity index (χ4n) is 1.94. The molecule has 0 amide bonds. The summed E-state index contributed by atoms with van der Waals surface area (Å²) in [6, 6.07) is 0. The average molecular weight is 296 g/mol. The Bertz CT molecular complexity index is 426. The number of likely N-dealkylation sites (N-methyl/N-ethyl adjacent to an activating group) is 1. The van der Waals surface area contributed by atoms with Crippen molar-refractivity contribution < 1.29 is 4.74 Å². The first kappa shape index (κ1) is 17.6. The van der Waals surface area contributed by atoms with Crippen molar-refractivity contribution >= 4 is 11.6 Å². The number of aryl methyl sites for hydroxylation is 1. The van der Waals surface area contributed by atoms with E-state index in [-0.39, 0.29) is 0 Å². The highest BCUT2D eigenvalue weighted by molar-refractivity contribution is 5.56. The smallest absolute Gasteiger partial charge is 0.148 e. The normalized spacial score (nSPS) is 11.0. The van der Waals surface area contributed by atoms with Gasteiger partial charge in [0.2, 0.25) is 0 Å². The van der Waals surface area contributed by atoms with E-state index >= 15 is 0 Å². The molecule has 7 heteroatoms. The largest absolute Gasteiger partial charge is 0.383 e. The van der Waals surface area contributed by atoms with E-state index in [4.69, 9.17) is 10.6 Å². The highest BCUT2D eigenvalue weighted by atomic mass is 16.5. The second kappa shape index (κ2) is 9.49. The standard InChI is InChI=1S/C14H28N6O/c1-5-6-12-17-13(11(2)14(18-12)19-15)16-7-8-20(3)9-10-21-4/h5-10,15H2,1-4H3,(H2,16,17,18,19).